The van der Waals surface area contributed by atoms with Crippen LogP contribution in [0.2, 0.25) is 5.02 Å². The highest BCUT2D eigenvalue weighted by Gasteiger charge is 2.42. The van der Waals surface area contributed by atoms with Crippen LogP contribution in [0.5, 0.6) is 5.75 Å². The van der Waals surface area contributed by atoms with Crippen LogP contribution in [0, 0.1) is 17.5 Å². The maximum Gasteiger partial charge on any atom is 0.267 e. The molecule has 1 aliphatic rings. The predicted molar refractivity (Wildman–Crippen MR) is 213 cm³/mol. The molecular weight excluding hydrogens is 817 g/mol. The maximum atomic E-state index is 14.9. The standard InChI is InChI=1S/C41H33ClF5N7O4S/c1-58-26-8-6-22(7-9-26)20-53(59(56,57)27-10-11-27)40-36-30(42)13-15-34(37(36)52(51-40)21-35(46)47)54-39(32(48)18-23-16-24(43)19-25(44)17-23)50-38-29(41(54)55)12-14-33(49-38)28-4-2-3-5-31(28)45/h2-9,12-17,19,27,32,35H,10-11,18,20-21,48H2,1H3/t32-/m0/s1. The number of hydrogen-bond donors (Lipinski definition) is 1. The van der Waals surface area contributed by atoms with Crippen molar-refractivity contribution in [3.8, 4) is 22.7 Å². The van der Waals surface area contributed by atoms with E-state index in [1.165, 1.54) is 49.6 Å². The van der Waals surface area contributed by atoms with E-state index in [0.29, 0.717) is 30.2 Å². The number of ether oxygens (including phenoxy) is 1. The van der Waals surface area contributed by atoms with E-state index in [9.17, 15) is 35.2 Å². The van der Waals surface area contributed by atoms with Gasteiger partial charge in [-0.15, -0.1) is 0 Å². The third-order valence-corrected chi connectivity index (χ3v) is 12.5. The molecule has 3 heterocycles. The molecule has 3 aromatic heterocycles. The summed E-state index contributed by atoms with van der Waals surface area (Å²) in [5.74, 6) is -2.30. The number of halogens is 6. The van der Waals surface area contributed by atoms with Gasteiger partial charge in [0.05, 0.1) is 57.6 Å². The van der Waals surface area contributed by atoms with E-state index in [2.05, 4.69) is 15.1 Å². The third-order valence-electron chi connectivity index (χ3n) is 9.95. The van der Waals surface area contributed by atoms with Crippen LogP contribution in [0.15, 0.2) is 95.8 Å². The summed E-state index contributed by atoms with van der Waals surface area (Å²) in [5.41, 5.74) is 6.40. The van der Waals surface area contributed by atoms with Crippen molar-refractivity contribution in [1.29, 1.82) is 0 Å². The van der Waals surface area contributed by atoms with Crippen LogP contribution in [0.1, 0.15) is 35.8 Å². The lowest BCUT2D eigenvalue weighted by Crippen LogP contribution is -2.34. The Balaban J connectivity index is 1.39. The molecular formula is C41H33ClF5N7O4S. The average molecular weight is 850 g/mol. The Kier molecular flexibility index (Phi) is 10.6. The molecule has 0 unspecified atom stereocenters. The van der Waals surface area contributed by atoms with Gasteiger partial charge in [0.15, 0.2) is 11.5 Å². The summed E-state index contributed by atoms with van der Waals surface area (Å²) in [7, 11) is -2.66. The molecule has 0 saturated heterocycles. The van der Waals surface area contributed by atoms with Gasteiger partial charge in [0, 0.05) is 11.6 Å². The molecule has 11 nitrogen and oxygen atoms in total. The smallest absolute Gasteiger partial charge is 0.267 e. The fourth-order valence-corrected chi connectivity index (χ4v) is 9.07. The van der Waals surface area contributed by atoms with E-state index in [-0.39, 0.29) is 74.1 Å². The quantitative estimate of drug-likeness (QED) is 0.116. The van der Waals surface area contributed by atoms with Crippen molar-refractivity contribution in [2.24, 2.45) is 5.73 Å². The van der Waals surface area contributed by atoms with Gasteiger partial charge in [0.25, 0.3) is 12.0 Å². The van der Waals surface area contributed by atoms with E-state index in [1.807, 2.05) is 0 Å². The fraction of sp³-hybridized carbons (Fsp3) is 0.220. The first kappa shape index (κ1) is 39.9. The molecule has 1 fully saturated rings. The molecule has 0 amide bonds. The van der Waals surface area contributed by atoms with Gasteiger partial charge >= 0.3 is 0 Å². The number of nitrogens with two attached hydrogens (primary N) is 1. The summed E-state index contributed by atoms with van der Waals surface area (Å²) >= 11 is 6.85. The van der Waals surface area contributed by atoms with Gasteiger partial charge < -0.3 is 10.5 Å². The van der Waals surface area contributed by atoms with Crippen LogP contribution < -0.4 is 20.3 Å². The van der Waals surface area contributed by atoms with Gasteiger partial charge in [-0.3, -0.25) is 14.0 Å². The number of aromatic nitrogens is 5. The van der Waals surface area contributed by atoms with Crippen molar-refractivity contribution in [1.82, 2.24) is 24.3 Å². The molecule has 0 radical (unpaired) electrons. The monoisotopic (exact) mass is 849 g/mol. The Morgan fingerprint density at radius 3 is 2.31 bits per heavy atom. The normalized spacial score (nSPS) is 13.7. The summed E-state index contributed by atoms with van der Waals surface area (Å²) in [6.45, 7) is -1.30. The van der Waals surface area contributed by atoms with Gasteiger partial charge in [0.2, 0.25) is 10.0 Å². The summed E-state index contributed by atoms with van der Waals surface area (Å²) in [5, 5.41) is 3.50. The lowest BCUT2D eigenvalue weighted by Gasteiger charge is -2.23. The average Bonchev–Trinajstić information content (AvgIpc) is 4.00. The van der Waals surface area contributed by atoms with Gasteiger partial charge in [-0.25, -0.2) is 44.6 Å². The van der Waals surface area contributed by atoms with Crippen LogP contribution in [-0.2, 0) is 29.5 Å². The minimum atomic E-state index is -4.14. The maximum absolute atomic E-state index is 14.9. The van der Waals surface area contributed by atoms with E-state index in [1.54, 1.807) is 30.3 Å². The Labute approximate surface area is 338 Å². The molecule has 0 bridgehead atoms. The number of methoxy groups -OCH3 is 1. The van der Waals surface area contributed by atoms with Crippen molar-refractivity contribution in [3.63, 3.8) is 0 Å². The Morgan fingerprint density at radius 1 is 0.932 bits per heavy atom. The number of nitrogens with zero attached hydrogens (tertiary/aromatic N) is 6. The second kappa shape index (κ2) is 15.7. The lowest BCUT2D eigenvalue weighted by atomic mass is 10.0. The van der Waals surface area contributed by atoms with Crippen LogP contribution in [0.4, 0.5) is 27.8 Å². The van der Waals surface area contributed by atoms with Crippen molar-refractivity contribution in [2.75, 3.05) is 11.4 Å². The molecule has 7 aromatic rings. The minimum absolute atomic E-state index is 0.0608. The fourth-order valence-electron chi connectivity index (χ4n) is 7.05. The highest BCUT2D eigenvalue weighted by molar-refractivity contribution is 7.93. The van der Waals surface area contributed by atoms with Gasteiger partial charge in [-0.05, 0) is 91.1 Å². The van der Waals surface area contributed by atoms with Gasteiger partial charge in [-0.1, -0.05) is 35.9 Å². The van der Waals surface area contributed by atoms with Crippen molar-refractivity contribution in [3.05, 3.63) is 141 Å². The number of rotatable bonds is 13. The lowest BCUT2D eigenvalue weighted by molar-refractivity contribution is 0.123. The summed E-state index contributed by atoms with van der Waals surface area (Å²) in [6, 6.07) is 19.4. The van der Waals surface area contributed by atoms with E-state index in [0.717, 1.165) is 25.7 Å². The summed E-state index contributed by atoms with van der Waals surface area (Å²) in [6.07, 6.45) is -2.54. The number of hydrogen-bond acceptors (Lipinski definition) is 8. The van der Waals surface area contributed by atoms with E-state index in [4.69, 9.17) is 22.1 Å². The number of pyridine rings is 1. The van der Waals surface area contributed by atoms with Crippen LogP contribution in [0.3, 0.4) is 0 Å². The highest BCUT2D eigenvalue weighted by Crippen LogP contribution is 2.42. The second-order valence-electron chi connectivity index (χ2n) is 14.0. The molecule has 8 rings (SSSR count). The zero-order chi connectivity index (χ0) is 41.7. The molecule has 1 aliphatic carbocycles. The Hall–Kier alpha value is -5.91. The summed E-state index contributed by atoms with van der Waals surface area (Å²) in [4.78, 5) is 23.9. The van der Waals surface area contributed by atoms with Crippen molar-refractivity contribution < 1.29 is 35.1 Å². The predicted octanol–water partition coefficient (Wildman–Crippen LogP) is 7.88. The van der Waals surface area contributed by atoms with Gasteiger partial charge in [0.1, 0.15) is 35.6 Å². The molecule has 1 atom stereocenters. The van der Waals surface area contributed by atoms with Crippen LogP contribution >= 0.6 is 11.6 Å². The Bertz CT molecular complexity index is 2910. The molecule has 2 N–H and O–H groups in total. The van der Waals surface area contributed by atoms with Crippen LogP contribution in [-0.4, -0.2) is 51.5 Å². The number of alkyl halides is 2. The van der Waals surface area contributed by atoms with E-state index >= 15 is 0 Å². The summed E-state index contributed by atoms with van der Waals surface area (Å²) < 4.78 is 109. The zero-order valence-electron chi connectivity index (χ0n) is 31.0. The van der Waals surface area contributed by atoms with Crippen molar-refractivity contribution in [2.45, 2.75) is 50.1 Å². The van der Waals surface area contributed by atoms with Crippen LogP contribution in [0.25, 0.3) is 38.9 Å². The van der Waals surface area contributed by atoms with Crippen molar-refractivity contribution >= 4 is 49.4 Å². The topological polar surface area (TPSA) is 138 Å². The number of fused-ring (bicyclic) bond motifs is 2. The molecule has 304 valence electrons. The molecule has 0 aliphatic heterocycles. The molecule has 0 spiro atoms. The minimum Gasteiger partial charge on any atom is -0.497 e. The molecule has 18 heteroatoms. The Morgan fingerprint density at radius 2 is 1.64 bits per heavy atom. The number of anilines is 1. The zero-order valence-corrected chi connectivity index (χ0v) is 32.6. The molecule has 1 saturated carbocycles. The van der Waals surface area contributed by atoms with Gasteiger partial charge in [-0.2, -0.15) is 5.10 Å². The third kappa shape index (κ3) is 7.72. The SMILES string of the molecule is COc1ccc(CN(c2nn(CC(F)F)c3c(-n4c([C@@H](N)Cc5cc(F)cc(F)c5)nc5nc(-c6ccccc6F)ccc5c4=O)ccc(Cl)c23)S(=O)(=O)C2CC2)cc1. The first-order chi connectivity index (χ1) is 28.2. The number of benzene rings is 4. The highest BCUT2D eigenvalue weighted by atomic mass is 35.5. The second-order valence-corrected chi connectivity index (χ2v) is 16.6. The molecule has 59 heavy (non-hydrogen) atoms. The molecule has 4 aromatic carbocycles. The first-order valence-electron chi connectivity index (χ1n) is 18.2. The first-order valence-corrected chi connectivity index (χ1v) is 20.1. The largest absolute Gasteiger partial charge is 0.497 e. The van der Waals surface area contributed by atoms with E-state index < -0.39 is 57.3 Å². The number of sulfonamides is 1.